The van der Waals surface area contributed by atoms with Crippen LogP contribution in [-0.4, -0.2) is 21.0 Å². The number of carbonyl (C=O) groups is 1. The SMILES string of the molecule is C[C@H](Nc1nccc2ccnc(Oc3ccc(F)c(C(F)(F)F)c3)c12)c1ccc(C(=O)O)cc1. The first-order valence-corrected chi connectivity index (χ1v) is 10.0. The standard InChI is InChI=1S/C24H17F4N3O3/c1-13(14-2-4-16(5-3-14)23(32)33)31-21-20-15(8-10-29-21)9-11-30-22(20)34-17-6-7-19(25)18(12-17)24(26,27)28/h2-13H,1H3,(H,29,31)(H,32,33)/t13-/m0/s1. The first-order chi connectivity index (χ1) is 16.1. The molecule has 10 heteroatoms. The highest BCUT2D eigenvalue weighted by atomic mass is 19.4. The third-order valence-corrected chi connectivity index (χ3v) is 5.11. The van der Waals surface area contributed by atoms with Crippen molar-refractivity contribution in [3.8, 4) is 11.6 Å². The molecule has 2 N–H and O–H groups in total. The molecule has 4 rings (SSSR count). The third kappa shape index (κ3) is 4.75. The van der Waals surface area contributed by atoms with Crippen molar-refractivity contribution in [1.29, 1.82) is 0 Å². The summed E-state index contributed by atoms with van der Waals surface area (Å²) in [5, 5.41) is 13.3. The van der Waals surface area contributed by atoms with Gasteiger partial charge < -0.3 is 15.2 Å². The van der Waals surface area contributed by atoms with Crippen molar-refractivity contribution < 1.29 is 32.2 Å². The molecule has 0 aliphatic heterocycles. The van der Waals surface area contributed by atoms with Crippen LogP contribution >= 0.6 is 0 Å². The van der Waals surface area contributed by atoms with Crippen LogP contribution in [0.25, 0.3) is 10.8 Å². The van der Waals surface area contributed by atoms with Gasteiger partial charge in [0.2, 0.25) is 5.88 Å². The number of ether oxygens (including phenoxy) is 1. The first kappa shape index (κ1) is 23.0. The van der Waals surface area contributed by atoms with Crippen molar-refractivity contribution in [3.05, 3.63) is 89.5 Å². The highest BCUT2D eigenvalue weighted by Crippen LogP contribution is 2.37. The zero-order valence-electron chi connectivity index (χ0n) is 17.6. The van der Waals surface area contributed by atoms with E-state index in [2.05, 4.69) is 15.3 Å². The van der Waals surface area contributed by atoms with Crippen molar-refractivity contribution >= 4 is 22.6 Å². The molecule has 6 nitrogen and oxygen atoms in total. The van der Waals surface area contributed by atoms with E-state index in [1.54, 1.807) is 30.5 Å². The Morgan fingerprint density at radius 3 is 2.35 bits per heavy atom. The minimum absolute atomic E-state index is 0.0127. The van der Waals surface area contributed by atoms with Crippen LogP contribution in [-0.2, 0) is 6.18 Å². The number of fused-ring (bicyclic) bond motifs is 1. The van der Waals surface area contributed by atoms with Gasteiger partial charge >= 0.3 is 12.1 Å². The fourth-order valence-corrected chi connectivity index (χ4v) is 3.38. The fourth-order valence-electron chi connectivity index (χ4n) is 3.38. The number of carboxylic acids is 1. The van der Waals surface area contributed by atoms with E-state index in [9.17, 15) is 22.4 Å². The average Bonchev–Trinajstić information content (AvgIpc) is 2.80. The van der Waals surface area contributed by atoms with E-state index in [1.807, 2.05) is 6.92 Å². The number of alkyl halides is 3. The number of hydrogen-bond donors (Lipinski definition) is 2. The van der Waals surface area contributed by atoms with Gasteiger partial charge in [0, 0.05) is 18.4 Å². The summed E-state index contributed by atoms with van der Waals surface area (Å²) < 4.78 is 58.6. The molecule has 0 aliphatic carbocycles. The van der Waals surface area contributed by atoms with E-state index in [4.69, 9.17) is 9.84 Å². The van der Waals surface area contributed by atoms with E-state index in [1.165, 1.54) is 18.3 Å². The Morgan fingerprint density at radius 2 is 1.71 bits per heavy atom. The molecule has 174 valence electrons. The molecule has 0 fully saturated rings. The number of carboxylic acid groups (broad SMARTS) is 1. The second-order valence-electron chi connectivity index (χ2n) is 7.41. The lowest BCUT2D eigenvalue weighted by atomic mass is 10.1. The number of rotatable bonds is 6. The van der Waals surface area contributed by atoms with E-state index in [0.29, 0.717) is 28.7 Å². The molecule has 0 spiro atoms. The molecule has 0 unspecified atom stereocenters. The van der Waals surface area contributed by atoms with Gasteiger partial charge in [0.1, 0.15) is 17.4 Å². The molecule has 4 aromatic rings. The monoisotopic (exact) mass is 471 g/mol. The number of nitrogens with zero attached hydrogens (tertiary/aromatic N) is 2. The van der Waals surface area contributed by atoms with Crippen molar-refractivity contribution in [1.82, 2.24) is 9.97 Å². The number of pyridine rings is 2. The second-order valence-corrected chi connectivity index (χ2v) is 7.41. The van der Waals surface area contributed by atoms with Crippen LogP contribution in [0.15, 0.2) is 67.0 Å². The van der Waals surface area contributed by atoms with E-state index >= 15 is 0 Å². The van der Waals surface area contributed by atoms with Gasteiger partial charge in [-0.1, -0.05) is 12.1 Å². The van der Waals surface area contributed by atoms with Crippen LogP contribution in [0.4, 0.5) is 23.4 Å². The fraction of sp³-hybridized carbons (Fsp3) is 0.125. The number of aromatic carboxylic acids is 1. The Kier molecular flexibility index (Phi) is 6.06. The summed E-state index contributed by atoms with van der Waals surface area (Å²) in [5.41, 5.74) is -0.514. The van der Waals surface area contributed by atoms with Crippen molar-refractivity contribution in [3.63, 3.8) is 0 Å². The second kappa shape index (κ2) is 8.97. The molecule has 0 radical (unpaired) electrons. The van der Waals surface area contributed by atoms with Gasteiger partial charge in [-0.25, -0.2) is 19.2 Å². The smallest absolute Gasteiger partial charge is 0.419 e. The molecule has 0 saturated heterocycles. The van der Waals surface area contributed by atoms with Crippen LogP contribution < -0.4 is 10.1 Å². The van der Waals surface area contributed by atoms with Crippen LogP contribution in [0, 0.1) is 5.82 Å². The lowest BCUT2D eigenvalue weighted by Crippen LogP contribution is -2.09. The van der Waals surface area contributed by atoms with Crippen LogP contribution in [0.1, 0.15) is 34.5 Å². The molecular formula is C24H17F4N3O3. The quantitative estimate of drug-likeness (QED) is 0.315. The molecule has 2 aromatic heterocycles. The zero-order valence-corrected chi connectivity index (χ0v) is 17.6. The maximum atomic E-state index is 13.7. The Morgan fingerprint density at radius 1 is 1.03 bits per heavy atom. The van der Waals surface area contributed by atoms with Crippen LogP contribution in [0.5, 0.6) is 11.6 Å². The molecule has 2 aromatic carbocycles. The lowest BCUT2D eigenvalue weighted by molar-refractivity contribution is -0.140. The van der Waals surface area contributed by atoms with Gasteiger partial charge in [0.05, 0.1) is 16.5 Å². The van der Waals surface area contributed by atoms with Gasteiger partial charge in [-0.3, -0.25) is 0 Å². The Labute approximate surface area is 190 Å². The third-order valence-electron chi connectivity index (χ3n) is 5.11. The van der Waals surface area contributed by atoms with Crippen molar-refractivity contribution in [2.24, 2.45) is 0 Å². The molecule has 0 saturated carbocycles. The number of anilines is 1. The number of nitrogens with one attached hydrogen (secondary N) is 1. The zero-order chi connectivity index (χ0) is 24.5. The molecule has 0 amide bonds. The van der Waals surface area contributed by atoms with Crippen molar-refractivity contribution in [2.45, 2.75) is 19.1 Å². The summed E-state index contributed by atoms with van der Waals surface area (Å²) >= 11 is 0. The molecule has 0 aliphatic rings. The molecule has 1 atom stereocenters. The summed E-state index contributed by atoms with van der Waals surface area (Å²) in [7, 11) is 0. The van der Waals surface area contributed by atoms with E-state index < -0.39 is 23.5 Å². The highest BCUT2D eigenvalue weighted by molar-refractivity contribution is 5.96. The first-order valence-electron chi connectivity index (χ1n) is 10.0. The van der Waals surface area contributed by atoms with Gasteiger partial charge in [0.25, 0.3) is 0 Å². The van der Waals surface area contributed by atoms with Gasteiger partial charge in [-0.2, -0.15) is 13.2 Å². The Balaban J connectivity index is 1.69. The number of hydrogen-bond acceptors (Lipinski definition) is 5. The van der Waals surface area contributed by atoms with Gasteiger partial charge in [-0.15, -0.1) is 0 Å². The van der Waals surface area contributed by atoms with Crippen molar-refractivity contribution in [2.75, 3.05) is 5.32 Å². The van der Waals surface area contributed by atoms with E-state index in [0.717, 1.165) is 11.6 Å². The average molecular weight is 471 g/mol. The predicted molar refractivity (Wildman–Crippen MR) is 116 cm³/mol. The largest absolute Gasteiger partial charge is 0.478 e. The summed E-state index contributed by atoms with van der Waals surface area (Å²) in [4.78, 5) is 19.5. The highest BCUT2D eigenvalue weighted by Gasteiger charge is 2.34. The molecule has 0 bridgehead atoms. The molecule has 34 heavy (non-hydrogen) atoms. The predicted octanol–water partition coefficient (Wildman–Crippen LogP) is 6.45. The summed E-state index contributed by atoms with van der Waals surface area (Å²) in [6.07, 6.45) is -1.90. The number of halogens is 4. The summed E-state index contributed by atoms with van der Waals surface area (Å²) in [6, 6.07) is 11.7. The topological polar surface area (TPSA) is 84.3 Å². The molecule has 2 heterocycles. The Hall–Kier alpha value is -4.21. The minimum atomic E-state index is -4.88. The number of aromatic nitrogens is 2. The molecular weight excluding hydrogens is 454 g/mol. The summed E-state index contributed by atoms with van der Waals surface area (Å²) in [5.74, 6) is -2.33. The van der Waals surface area contributed by atoms with Gasteiger partial charge in [-0.05, 0) is 60.3 Å². The Bertz CT molecular complexity index is 1350. The summed E-state index contributed by atoms with van der Waals surface area (Å²) in [6.45, 7) is 1.84. The van der Waals surface area contributed by atoms with E-state index in [-0.39, 0.29) is 23.2 Å². The van der Waals surface area contributed by atoms with Crippen LogP contribution in [0.2, 0.25) is 0 Å². The minimum Gasteiger partial charge on any atom is -0.478 e. The van der Waals surface area contributed by atoms with Crippen LogP contribution in [0.3, 0.4) is 0 Å². The maximum Gasteiger partial charge on any atom is 0.419 e. The lowest BCUT2D eigenvalue weighted by Gasteiger charge is -2.18. The number of benzene rings is 2. The normalized spacial score (nSPS) is 12.4. The van der Waals surface area contributed by atoms with Gasteiger partial charge in [0.15, 0.2) is 0 Å². The maximum absolute atomic E-state index is 13.7.